The molecule has 1 N–H and O–H groups in total. The summed E-state index contributed by atoms with van der Waals surface area (Å²) in [5.74, 6) is 2.03. The summed E-state index contributed by atoms with van der Waals surface area (Å²) in [6.07, 6.45) is 10.0. The zero-order chi connectivity index (χ0) is 17.4. The molecule has 4 rings (SSSR count). The number of carbonyl (C=O) groups excluding carboxylic acids is 1. The van der Waals surface area contributed by atoms with E-state index in [4.69, 9.17) is 4.52 Å². The number of nitrogens with zero attached hydrogens (tertiary/aromatic N) is 3. The van der Waals surface area contributed by atoms with Crippen molar-refractivity contribution in [2.24, 2.45) is 11.3 Å². The Bertz CT molecular complexity index is 607. The van der Waals surface area contributed by atoms with Gasteiger partial charge in [-0.2, -0.15) is 4.98 Å². The first-order valence-corrected chi connectivity index (χ1v) is 9.95. The predicted octanol–water partition coefficient (Wildman–Crippen LogP) is 4.01. The summed E-state index contributed by atoms with van der Waals surface area (Å²) in [4.78, 5) is 19.3. The third kappa shape index (κ3) is 3.53. The molecule has 3 fully saturated rings. The fourth-order valence-electron chi connectivity index (χ4n) is 4.43. The van der Waals surface area contributed by atoms with Gasteiger partial charge in [0, 0.05) is 19.0 Å². The molecule has 1 atom stereocenters. The number of urea groups is 1. The smallest absolute Gasteiger partial charge is 0.318 e. The van der Waals surface area contributed by atoms with Crippen LogP contribution in [0.1, 0.15) is 88.9 Å². The molecule has 138 valence electrons. The molecular weight excluding hydrogens is 316 g/mol. The monoisotopic (exact) mass is 346 g/mol. The van der Waals surface area contributed by atoms with Crippen molar-refractivity contribution in [2.45, 2.75) is 77.2 Å². The van der Waals surface area contributed by atoms with Gasteiger partial charge in [0.1, 0.15) is 6.04 Å². The maximum absolute atomic E-state index is 12.8. The minimum Gasteiger partial charge on any atom is -0.337 e. The number of likely N-dealkylation sites (tertiary alicyclic amines) is 1. The van der Waals surface area contributed by atoms with Crippen LogP contribution in [0.3, 0.4) is 0 Å². The van der Waals surface area contributed by atoms with E-state index in [1.807, 2.05) is 4.90 Å². The third-order valence-corrected chi connectivity index (χ3v) is 6.39. The first kappa shape index (κ1) is 16.9. The largest absolute Gasteiger partial charge is 0.337 e. The quantitative estimate of drug-likeness (QED) is 0.894. The fraction of sp³-hybridized carbons (Fsp3) is 0.842. The SMILES string of the molecule is CC(C)C(NC(=O)N1CCC2(CCCC2)CC1)c1nc(C2CC2)no1. The van der Waals surface area contributed by atoms with Crippen LogP contribution < -0.4 is 5.32 Å². The van der Waals surface area contributed by atoms with Crippen LogP contribution in [-0.4, -0.2) is 34.2 Å². The Morgan fingerprint density at radius 1 is 1.20 bits per heavy atom. The van der Waals surface area contributed by atoms with Gasteiger partial charge in [-0.1, -0.05) is 31.8 Å². The lowest BCUT2D eigenvalue weighted by Crippen LogP contribution is -2.48. The minimum atomic E-state index is -0.213. The standard InChI is InChI=1S/C19H30N4O2/c1-13(2)15(17-21-16(22-25-17)14-5-6-14)20-18(24)23-11-9-19(10-12-23)7-3-4-8-19/h13-15H,3-12H2,1-2H3,(H,20,24). The van der Waals surface area contributed by atoms with Gasteiger partial charge >= 0.3 is 6.03 Å². The van der Waals surface area contributed by atoms with Crippen molar-refractivity contribution in [1.29, 1.82) is 0 Å². The van der Waals surface area contributed by atoms with Crippen LogP contribution in [0.2, 0.25) is 0 Å². The van der Waals surface area contributed by atoms with Gasteiger partial charge in [-0.05, 0) is 49.9 Å². The van der Waals surface area contributed by atoms with Crippen molar-refractivity contribution in [3.63, 3.8) is 0 Å². The molecule has 2 amide bonds. The Hall–Kier alpha value is -1.59. The molecule has 2 saturated carbocycles. The van der Waals surface area contributed by atoms with Crippen molar-refractivity contribution in [2.75, 3.05) is 13.1 Å². The van der Waals surface area contributed by atoms with E-state index in [0.717, 1.165) is 44.6 Å². The summed E-state index contributed by atoms with van der Waals surface area (Å²) in [7, 11) is 0. The Morgan fingerprint density at radius 3 is 2.48 bits per heavy atom. The zero-order valence-corrected chi connectivity index (χ0v) is 15.5. The molecule has 3 aliphatic rings. The van der Waals surface area contributed by atoms with Gasteiger partial charge in [-0.3, -0.25) is 0 Å². The summed E-state index contributed by atoms with van der Waals surface area (Å²) in [6, 6.07) is -0.201. The molecule has 6 heteroatoms. The lowest BCUT2D eigenvalue weighted by atomic mass is 9.77. The molecule has 0 bridgehead atoms. The molecule has 25 heavy (non-hydrogen) atoms. The molecule has 1 unspecified atom stereocenters. The van der Waals surface area contributed by atoms with E-state index in [1.54, 1.807) is 0 Å². The number of hydrogen-bond acceptors (Lipinski definition) is 4. The van der Waals surface area contributed by atoms with E-state index in [9.17, 15) is 4.79 Å². The van der Waals surface area contributed by atoms with Crippen LogP contribution in [0, 0.1) is 11.3 Å². The van der Waals surface area contributed by atoms with Crippen LogP contribution in [-0.2, 0) is 0 Å². The highest BCUT2D eigenvalue weighted by atomic mass is 16.5. The lowest BCUT2D eigenvalue weighted by molar-refractivity contribution is 0.116. The zero-order valence-electron chi connectivity index (χ0n) is 15.5. The maximum atomic E-state index is 12.8. The summed E-state index contributed by atoms with van der Waals surface area (Å²) in [5.41, 5.74) is 0.528. The molecular formula is C19H30N4O2. The van der Waals surface area contributed by atoms with E-state index in [2.05, 4.69) is 29.3 Å². The molecule has 1 aromatic rings. The summed E-state index contributed by atoms with van der Waals surface area (Å²) >= 11 is 0. The average Bonchev–Trinajstić information content (AvgIpc) is 3.17. The molecule has 0 aromatic carbocycles. The first-order chi connectivity index (χ1) is 12.1. The van der Waals surface area contributed by atoms with E-state index < -0.39 is 0 Å². The highest BCUT2D eigenvalue weighted by molar-refractivity contribution is 5.74. The molecule has 1 aliphatic heterocycles. The number of piperidine rings is 1. The Balaban J connectivity index is 1.37. The second kappa shape index (κ2) is 6.61. The number of rotatable bonds is 4. The van der Waals surface area contributed by atoms with Gasteiger partial charge in [-0.15, -0.1) is 0 Å². The van der Waals surface area contributed by atoms with Gasteiger partial charge in [0.2, 0.25) is 5.89 Å². The van der Waals surface area contributed by atoms with Gasteiger partial charge in [0.25, 0.3) is 0 Å². The van der Waals surface area contributed by atoms with Crippen LogP contribution in [0.5, 0.6) is 0 Å². The summed E-state index contributed by atoms with van der Waals surface area (Å²) < 4.78 is 5.46. The van der Waals surface area contributed by atoms with Crippen molar-refractivity contribution < 1.29 is 9.32 Å². The van der Waals surface area contributed by atoms with Crippen LogP contribution in [0.25, 0.3) is 0 Å². The number of amides is 2. The highest BCUT2D eigenvalue weighted by Crippen LogP contribution is 2.46. The second-order valence-corrected chi connectivity index (χ2v) is 8.63. The van der Waals surface area contributed by atoms with Crippen molar-refractivity contribution in [3.8, 4) is 0 Å². The van der Waals surface area contributed by atoms with Crippen LogP contribution in [0.15, 0.2) is 4.52 Å². The molecule has 1 aromatic heterocycles. The van der Waals surface area contributed by atoms with Crippen LogP contribution in [0.4, 0.5) is 4.79 Å². The average molecular weight is 346 g/mol. The Labute approximate surface area is 149 Å². The normalized spacial score (nSPS) is 24.0. The van der Waals surface area contributed by atoms with Gasteiger partial charge in [0.15, 0.2) is 5.82 Å². The summed E-state index contributed by atoms with van der Waals surface area (Å²) in [5, 5.41) is 7.24. The van der Waals surface area contributed by atoms with Gasteiger partial charge in [0.05, 0.1) is 0 Å². The molecule has 2 heterocycles. The Morgan fingerprint density at radius 2 is 1.88 bits per heavy atom. The molecule has 2 aliphatic carbocycles. The number of hydrogen-bond donors (Lipinski definition) is 1. The van der Waals surface area contributed by atoms with E-state index in [1.165, 1.54) is 25.7 Å². The topological polar surface area (TPSA) is 71.3 Å². The number of nitrogens with one attached hydrogen (secondary N) is 1. The molecule has 1 saturated heterocycles. The van der Waals surface area contributed by atoms with Crippen molar-refractivity contribution in [3.05, 3.63) is 11.7 Å². The number of carbonyl (C=O) groups is 1. The maximum Gasteiger partial charge on any atom is 0.318 e. The second-order valence-electron chi connectivity index (χ2n) is 8.63. The van der Waals surface area contributed by atoms with Crippen LogP contribution >= 0.6 is 0 Å². The predicted molar refractivity (Wildman–Crippen MR) is 94.1 cm³/mol. The fourth-order valence-corrected chi connectivity index (χ4v) is 4.43. The summed E-state index contributed by atoms with van der Waals surface area (Å²) in [6.45, 7) is 5.90. The minimum absolute atomic E-state index is 0.0118. The van der Waals surface area contributed by atoms with E-state index >= 15 is 0 Å². The van der Waals surface area contributed by atoms with Crippen molar-refractivity contribution >= 4 is 6.03 Å². The first-order valence-electron chi connectivity index (χ1n) is 9.95. The Kier molecular flexibility index (Phi) is 4.46. The lowest BCUT2D eigenvalue weighted by Gasteiger charge is -2.39. The third-order valence-electron chi connectivity index (χ3n) is 6.39. The van der Waals surface area contributed by atoms with Crippen molar-refractivity contribution in [1.82, 2.24) is 20.4 Å². The number of aromatic nitrogens is 2. The van der Waals surface area contributed by atoms with Gasteiger partial charge < -0.3 is 14.7 Å². The van der Waals surface area contributed by atoms with E-state index in [0.29, 0.717) is 17.2 Å². The highest BCUT2D eigenvalue weighted by Gasteiger charge is 2.39. The molecule has 6 nitrogen and oxygen atoms in total. The van der Waals surface area contributed by atoms with Gasteiger partial charge in [-0.25, -0.2) is 4.79 Å². The van der Waals surface area contributed by atoms with E-state index in [-0.39, 0.29) is 18.0 Å². The molecule has 0 radical (unpaired) electrons. The molecule has 1 spiro atoms.